The van der Waals surface area contributed by atoms with E-state index >= 15 is 0 Å². The van der Waals surface area contributed by atoms with Crippen molar-refractivity contribution in [2.24, 2.45) is 11.7 Å². The van der Waals surface area contributed by atoms with Gasteiger partial charge in [-0.2, -0.15) is 0 Å². The molecule has 1 aliphatic heterocycles. The highest BCUT2D eigenvalue weighted by Crippen LogP contribution is 2.27. The number of nitrogens with one attached hydrogen (secondary N) is 1. The third kappa shape index (κ3) is 2.33. The number of aromatic nitrogens is 3. The molecule has 22 heavy (non-hydrogen) atoms. The monoisotopic (exact) mass is 293 g/mol. The minimum absolute atomic E-state index is 0.611. The van der Waals surface area contributed by atoms with Crippen LogP contribution >= 0.6 is 0 Å². The minimum atomic E-state index is 0.611. The number of hydrogen-bond donors (Lipinski definition) is 2. The van der Waals surface area contributed by atoms with Gasteiger partial charge in [-0.15, -0.1) is 0 Å². The molecule has 5 heteroatoms. The van der Waals surface area contributed by atoms with Crippen LogP contribution in [0.1, 0.15) is 6.42 Å². The molecule has 112 valence electrons. The van der Waals surface area contributed by atoms with Crippen LogP contribution in [0.4, 0.5) is 5.69 Å². The fraction of sp³-hybridized carbons (Fsp3) is 0.294. The van der Waals surface area contributed by atoms with Gasteiger partial charge in [-0.1, -0.05) is 12.1 Å². The lowest BCUT2D eigenvalue weighted by Crippen LogP contribution is -2.22. The second-order valence-corrected chi connectivity index (χ2v) is 5.85. The molecule has 1 fully saturated rings. The molecule has 1 atom stereocenters. The van der Waals surface area contributed by atoms with Gasteiger partial charge < -0.3 is 15.6 Å². The molecule has 0 radical (unpaired) electrons. The van der Waals surface area contributed by atoms with Gasteiger partial charge in [-0.05, 0) is 37.1 Å². The van der Waals surface area contributed by atoms with Crippen molar-refractivity contribution in [3.05, 3.63) is 42.7 Å². The first-order chi connectivity index (χ1) is 10.8. The topological polar surface area (TPSA) is 70.8 Å². The second kappa shape index (κ2) is 5.42. The van der Waals surface area contributed by atoms with E-state index in [4.69, 9.17) is 5.73 Å². The number of benzene rings is 1. The molecule has 4 rings (SSSR count). The predicted octanol–water partition coefficient (Wildman–Crippen LogP) is 2.41. The lowest BCUT2D eigenvalue weighted by molar-refractivity contribution is 0.602. The van der Waals surface area contributed by atoms with Gasteiger partial charge in [0.1, 0.15) is 5.52 Å². The maximum atomic E-state index is 5.79. The number of hydrogen-bond acceptors (Lipinski definition) is 4. The Balaban J connectivity index is 1.66. The van der Waals surface area contributed by atoms with E-state index in [2.05, 4.69) is 44.1 Å². The van der Waals surface area contributed by atoms with Crippen molar-refractivity contribution >= 4 is 16.9 Å². The molecule has 0 spiro atoms. The van der Waals surface area contributed by atoms with Crippen molar-refractivity contribution in [1.82, 2.24) is 15.0 Å². The van der Waals surface area contributed by atoms with Crippen LogP contribution in [0.5, 0.6) is 0 Å². The smallest absolute Gasteiger partial charge is 0.156 e. The first-order valence-electron chi connectivity index (χ1n) is 7.69. The summed E-state index contributed by atoms with van der Waals surface area (Å²) in [6.07, 6.45) is 4.86. The van der Waals surface area contributed by atoms with Crippen molar-refractivity contribution in [3.63, 3.8) is 0 Å². The molecule has 0 saturated carbocycles. The van der Waals surface area contributed by atoms with E-state index < -0.39 is 0 Å². The Hall–Kier alpha value is -2.40. The SMILES string of the molecule is NCC1CCN(c2cccc(-c3cnc4[nH]ccc4n3)c2)C1. The fourth-order valence-corrected chi connectivity index (χ4v) is 3.09. The molecule has 0 bridgehead atoms. The van der Waals surface area contributed by atoms with Crippen LogP contribution < -0.4 is 10.6 Å². The van der Waals surface area contributed by atoms with Crippen LogP contribution in [-0.4, -0.2) is 34.6 Å². The van der Waals surface area contributed by atoms with Gasteiger partial charge in [-0.3, -0.25) is 0 Å². The third-order valence-corrected chi connectivity index (χ3v) is 4.39. The molecular formula is C17H19N5. The quantitative estimate of drug-likeness (QED) is 0.778. The Labute approximate surface area is 129 Å². The standard InChI is InChI=1S/C17H19N5/c18-9-12-5-7-22(11-12)14-3-1-2-13(8-14)16-10-20-17-15(21-16)4-6-19-17/h1-4,6,8,10,12H,5,7,9,11,18H2,(H,19,20). The summed E-state index contributed by atoms with van der Waals surface area (Å²) in [7, 11) is 0. The Morgan fingerprint density at radius 1 is 1.32 bits per heavy atom. The van der Waals surface area contributed by atoms with Gasteiger partial charge in [0, 0.05) is 30.5 Å². The average molecular weight is 293 g/mol. The van der Waals surface area contributed by atoms with Crippen LogP contribution in [-0.2, 0) is 0 Å². The zero-order chi connectivity index (χ0) is 14.9. The van der Waals surface area contributed by atoms with Crippen molar-refractivity contribution in [2.75, 3.05) is 24.5 Å². The molecular weight excluding hydrogens is 274 g/mol. The summed E-state index contributed by atoms with van der Waals surface area (Å²) in [6, 6.07) is 10.5. The van der Waals surface area contributed by atoms with Crippen molar-refractivity contribution < 1.29 is 0 Å². The van der Waals surface area contributed by atoms with Crippen LogP contribution in [0.3, 0.4) is 0 Å². The minimum Gasteiger partial charge on any atom is -0.371 e. The summed E-state index contributed by atoms with van der Waals surface area (Å²) in [4.78, 5) is 14.6. The summed E-state index contributed by atoms with van der Waals surface area (Å²) >= 11 is 0. The fourth-order valence-electron chi connectivity index (χ4n) is 3.09. The molecule has 1 aromatic carbocycles. The van der Waals surface area contributed by atoms with Crippen LogP contribution in [0, 0.1) is 5.92 Å². The number of H-pyrrole nitrogens is 1. The first-order valence-corrected chi connectivity index (χ1v) is 7.69. The average Bonchev–Trinajstić information content (AvgIpc) is 3.23. The maximum absolute atomic E-state index is 5.79. The molecule has 0 aliphatic carbocycles. The van der Waals surface area contributed by atoms with Gasteiger partial charge in [0.05, 0.1) is 11.9 Å². The third-order valence-electron chi connectivity index (χ3n) is 4.39. The molecule has 3 aromatic rings. The van der Waals surface area contributed by atoms with E-state index in [9.17, 15) is 0 Å². The van der Waals surface area contributed by atoms with E-state index in [1.165, 1.54) is 12.1 Å². The predicted molar refractivity (Wildman–Crippen MR) is 88.7 cm³/mol. The van der Waals surface area contributed by atoms with E-state index in [0.29, 0.717) is 5.92 Å². The second-order valence-electron chi connectivity index (χ2n) is 5.85. The molecule has 1 saturated heterocycles. The van der Waals surface area contributed by atoms with E-state index in [0.717, 1.165) is 42.1 Å². The highest BCUT2D eigenvalue weighted by molar-refractivity contribution is 5.75. The highest BCUT2D eigenvalue weighted by Gasteiger charge is 2.21. The first kappa shape index (κ1) is 13.3. The Morgan fingerprint density at radius 3 is 3.14 bits per heavy atom. The largest absolute Gasteiger partial charge is 0.371 e. The van der Waals surface area contributed by atoms with Crippen molar-refractivity contribution in [2.45, 2.75) is 6.42 Å². The van der Waals surface area contributed by atoms with Crippen LogP contribution in [0.25, 0.3) is 22.4 Å². The lowest BCUT2D eigenvalue weighted by Gasteiger charge is -2.19. The Bertz CT molecular complexity index is 794. The summed E-state index contributed by atoms with van der Waals surface area (Å²) in [5.41, 5.74) is 10.8. The molecule has 3 heterocycles. The van der Waals surface area contributed by atoms with E-state index in [1.54, 1.807) is 0 Å². The highest BCUT2D eigenvalue weighted by atomic mass is 15.2. The zero-order valence-corrected chi connectivity index (χ0v) is 12.4. The molecule has 1 aliphatic rings. The molecule has 0 amide bonds. The molecule has 5 nitrogen and oxygen atoms in total. The molecule has 3 N–H and O–H groups in total. The Morgan fingerprint density at radius 2 is 2.27 bits per heavy atom. The van der Waals surface area contributed by atoms with Gasteiger partial charge in [0.2, 0.25) is 0 Å². The zero-order valence-electron chi connectivity index (χ0n) is 12.4. The van der Waals surface area contributed by atoms with Gasteiger partial charge in [0.15, 0.2) is 5.65 Å². The summed E-state index contributed by atoms with van der Waals surface area (Å²) < 4.78 is 0. The number of fused-ring (bicyclic) bond motifs is 1. The van der Waals surface area contributed by atoms with Gasteiger partial charge in [0.25, 0.3) is 0 Å². The summed E-state index contributed by atoms with van der Waals surface area (Å²) in [5.74, 6) is 0.611. The number of aromatic amines is 1. The van der Waals surface area contributed by atoms with E-state index in [-0.39, 0.29) is 0 Å². The number of rotatable bonds is 3. The van der Waals surface area contributed by atoms with Crippen molar-refractivity contribution in [3.8, 4) is 11.3 Å². The summed E-state index contributed by atoms with van der Waals surface area (Å²) in [6.45, 7) is 2.89. The van der Waals surface area contributed by atoms with Gasteiger partial charge in [-0.25, -0.2) is 9.97 Å². The van der Waals surface area contributed by atoms with Gasteiger partial charge >= 0.3 is 0 Å². The molecule has 1 unspecified atom stereocenters. The normalized spacial score (nSPS) is 18.2. The van der Waals surface area contributed by atoms with Crippen LogP contribution in [0.2, 0.25) is 0 Å². The number of nitrogens with two attached hydrogens (primary N) is 1. The van der Waals surface area contributed by atoms with E-state index in [1.807, 2.05) is 18.5 Å². The lowest BCUT2D eigenvalue weighted by atomic mass is 10.1. The number of nitrogens with zero attached hydrogens (tertiary/aromatic N) is 3. The maximum Gasteiger partial charge on any atom is 0.156 e. The molecule has 2 aromatic heterocycles. The van der Waals surface area contributed by atoms with Crippen LogP contribution in [0.15, 0.2) is 42.7 Å². The Kier molecular flexibility index (Phi) is 3.27. The van der Waals surface area contributed by atoms with Crippen molar-refractivity contribution in [1.29, 1.82) is 0 Å². The number of anilines is 1. The summed E-state index contributed by atoms with van der Waals surface area (Å²) in [5, 5.41) is 0.